The molecular formula is C19H22BrN3O3. The molecule has 0 unspecified atom stereocenters. The maximum absolute atomic E-state index is 12.3. The molecule has 3 rings (SSSR count). The third-order valence-electron chi connectivity index (χ3n) is 4.38. The van der Waals surface area contributed by atoms with E-state index < -0.39 is 0 Å². The second-order valence-corrected chi connectivity index (χ2v) is 7.21. The van der Waals surface area contributed by atoms with Crippen LogP contribution in [0, 0.1) is 6.92 Å². The molecule has 2 aromatic rings. The number of nitrogens with zero attached hydrogens (tertiary/aromatic N) is 1. The third kappa shape index (κ3) is 4.66. The standard InChI is InChI=1S/C19H22BrN3O3/c1-13-12-16(20)26-17(13)18(24)21-14-6-8-15(9-7-14)22-19(25)23-10-4-2-3-5-11-23/h6-9,12H,2-5,10-11H2,1H3,(H,21,24)(H,22,25). The zero-order valence-electron chi connectivity index (χ0n) is 14.7. The number of carbonyl (C=O) groups excluding carboxylic acids is 2. The number of anilines is 2. The minimum absolute atomic E-state index is 0.0697. The van der Waals surface area contributed by atoms with Crippen molar-refractivity contribution in [2.75, 3.05) is 23.7 Å². The zero-order chi connectivity index (χ0) is 18.5. The molecule has 1 aliphatic rings. The summed E-state index contributed by atoms with van der Waals surface area (Å²) in [5.41, 5.74) is 2.10. The van der Waals surface area contributed by atoms with Crippen LogP contribution in [0.3, 0.4) is 0 Å². The van der Waals surface area contributed by atoms with E-state index in [1.54, 1.807) is 30.3 Å². The monoisotopic (exact) mass is 419 g/mol. The van der Waals surface area contributed by atoms with Gasteiger partial charge in [-0.25, -0.2) is 4.79 Å². The highest BCUT2D eigenvalue weighted by Crippen LogP contribution is 2.21. The fourth-order valence-corrected chi connectivity index (χ4v) is 3.47. The third-order valence-corrected chi connectivity index (χ3v) is 4.77. The Morgan fingerprint density at radius 3 is 2.12 bits per heavy atom. The summed E-state index contributed by atoms with van der Waals surface area (Å²) in [4.78, 5) is 26.4. The van der Waals surface area contributed by atoms with Crippen LogP contribution >= 0.6 is 15.9 Å². The molecule has 1 fully saturated rings. The van der Waals surface area contributed by atoms with Gasteiger partial charge in [0.05, 0.1) is 0 Å². The summed E-state index contributed by atoms with van der Waals surface area (Å²) in [7, 11) is 0. The van der Waals surface area contributed by atoms with E-state index in [0.29, 0.717) is 16.0 Å². The summed E-state index contributed by atoms with van der Waals surface area (Å²) in [6.45, 7) is 3.42. The summed E-state index contributed by atoms with van der Waals surface area (Å²) in [6.07, 6.45) is 4.48. The Morgan fingerprint density at radius 2 is 1.58 bits per heavy atom. The van der Waals surface area contributed by atoms with Crippen LogP contribution in [0.5, 0.6) is 0 Å². The smallest absolute Gasteiger partial charge is 0.321 e. The average molecular weight is 420 g/mol. The predicted octanol–water partition coefficient (Wildman–Crippen LogP) is 5.01. The van der Waals surface area contributed by atoms with Gasteiger partial charge < -0.3 is 20.0 Å². The van der Waals surface area contributed by atoms with Gasteiger partial charge >= 0.3 is 6.03 Å². The minimum atomic E-state index is -0.311. The fraction of sp³-hybridized carbons (Fsp3) is 0.368. The van der Waals surface area contributed by atoms with Gasteiger partial charge in [-0.2, -0.15) is 0 Å². The van der Waals surface area contributed by atoms with Crippen molar-refractivity contribution < 1.29 is 14.0 Å². The zero-order valence-corrected chi connectivity index (χ0v) is 16.3. The second-order valence-electron chi connectivity index (χ2n) is 6.43. The predicted molar refractivity (Wildman–Crippen MR) is 105 cm³/mol. The number of aryl methyl sites for hydroxylation is 1. The molecular weight excluding hydrogens is 398 g/mol. The number of nitrogens with one attached hydrogen (secondary N) is 2. The molecule has 138 valence electrons. The molecule has 0 radical (unpaired) electrons. The van der Waals surface area contributed by atoms with Crippen LogP contribution in [0.4, 0.5) is 16.2 Å². The molecule has 1 aromatic carbocycles. The van der Waals surface area contributed by atoms with E-state index in [0.717, 1.165) is 31.5 Å². The topological polar surface area (TPSA) is 74.6 Å². The first-order chi connectivity index (χ1) is 12.5. The first-order valence-corrected chi connectivity index (χ1v) is 9.55. The molecule has 6 nitrogen and oxygen atoms in total. The molecule has 0 spiro atoms. The normalized spacial score (nSPS) is 14.6. The molecule has 2 N–H and O–H groups in total. The van der Waals surface area contributed by atoms with E-state index in [1.165, 1.54) is 12.8 Å². The maximum atomic E-state index is 12.3. The first-order valence-electron chi connectivity index (χ1n) is 8.76. The van der Waals surface area contributed by atoms with Gasteiger partial charge in [0, 0.05) is 30.0 Å². The Morgan fingerprint density at radius 1 is 1.00 bits per heavy atom. The Kier molecular flexibility index (Phi) is 5.98. The Bertz CT molecular complexity index is 778. The molecule has 0 atom stereocenters. The van der Waals surface area contributed by atoms with Crippen molar-refractivity contribution >= 4 is 39.2 Å². The first kappa shape index (κ1) is 18.5. The molecule has 2 heterocycles. The van der Waals surface area contributed by atoms with Crippen LogP contribution in [0.15, 0.2) is 39.4 Å². The number of hydrogen-bond donors (Lipinski definition) is 2. The van der Waals surface area contributed by atoms with Crippen molar-refractivity contribution in [1.29, 1.82) is 0 Å². The molecule has 1 aliphatic heterocycles. The number of amides is 3. The van der Waals surface area contributed by atoms with E-state index in [-0.39, 0.29) is 17.7 Å². The summed E-state index contributed by atoms with van der Waals surface area (Å²) >= 11 is 3.22. The molecule has 0 saturated carbocycles. The summed E-state index contributed by atoms with van der Waals surface area (Å²) in [6, 6.07) is 8.73. The number of likely N-dealkylation sites (tertiary alicyclic amines) is 1. The van der Waals surface area contributed by atoms with Crippen molar-refractivity contribution in [2.24, 2.45) is 0 Å². The molecule has 1 aromatic heterocycles. The van der Waals surface area contributed by atoms with Gasteiger partial charge in [0.15, 0.2) is 10.4 Å². The van der Waals surface area contributed by atoms with Gasteiger partial charge in [0.2, 0.25) is 0 Å². The van der Waals surface area contributed by atoms with E-state index in [2.05, 4.69) is 26.6 Å². The highest BCUT2D eigenvalue weighted by molar-refractivity contribution is 9.10. The van der Waals surface area contributed by atoms with Gasteiger partial charge in [0.1, 0.15) is 0 Å². The summed E-state index contributed by atoms with van der Waals surface area (Å²) in [5.74, 6) is -0.0371. The van der Waals surface area contributed by atoms with E-state index in [9.17, 15) is 9.59 Å². The van der Waals surface area contributed by atoms with Crippen LogP contribution in [0.2, 0.25) is 0 Å². The van der Waals surface area contributed by atoms with E-state index >= 15 is 0 Å². The SMILES string of the molecule is Cc1cc(Br)oc1C(=O)Nc1ccc(NC(=O)N2CCCCCC2)cc1. The largest absolute Gasteiger partial charge is 0.444 e. The van der Waals surface area contributed by atoms with Gasteiger partial charge in [-0.15, -0.1) is 0 Å². The van der Waals surface area contributed by atoms with Crippen molar-refractivity contribution in [3.63, 3.8) is 0 Å². The molecule has 3 amide bonds. The highest BCUT2D eigenvalue weighted by atomic mass is 79.9. The number of hydrogen-bond acceptors (Lipinski definition) is 3. The molecule has 0 bridgehead atoms. The van der Waals surface area contributed by atoms with Crippen molar-refractivity contribution in [1.82, 2.24) is 4.90 Å². The number of halogens is 1. The quantitative estimate of drug-likeness (QED) is 0.733. The molecule has 7 heteroatoms. The van der Waals surface area contributed by atoms with Gasteiger partial charge in [0.25, 0.3) is 5.91 Å². The van der Waals surface area contributed by atoms with Gasteiger partial charge in [-0.3, -0.25) is 4.79 Å². The van der Waals surface area contributed by atoms with E-state index in [1.807, 2.05) is 11.8 Å². The Labute approximate surface area is 161 Å². The lowest BCUT2D eigenvalue weighted by atomic mass is 10.2. The van der Waals surface area contributed by atoms with Gasteiger partial charge in [-0.05, 0) is 66.0 Å². The maximum Gasteiger partial charge on any atom is 0.321 e. The number of carbonyl (C=O) groups is 2. The number of rotatable bonds is 3. The fourth-order valence-electron chi connectivity index (χ4n) is 2.97. The van der Waals surface area contributed by atoms with Crippen molar-refractivity contribution in [3.05, 3.63) is 46.3 Å². The average Bonchev–Trinajstić information content (AvgIpc) is 2.81. The van der Waals surface area contributed by atoms with Crippen LogP contribution in [-0.4, -0.2) is 29.9 Å². The van der Waals surface area contributed by atoms with Crippen molar-refractivity contribution in [2.45, 2.75) is 32.6 Å². The van der Waals surface area contributed by atoms with Crippen molar-refractivity contribution in [3.8, 4) is 0 Å². The lowest BCUT2D eigenvalue weighted by molar-refractivity contribution is 0.0994. The Balaban J connectivity index is 1.58. The Hall–Kier alpha value is -2.28. The second kappa shape index (κ2) is 8.40. The minimum Gasteiger partial charge on any atom is -0.444 e. The lowest BCUT2D eigenvalue weighted by Gasteiger charge is -2.20. The molecule has 1 saturated heterocycles. The molecule has 0 aliphatic carbocycles. The molecule has 26 heavy (non-hydrogen) atoms. The van der Waals surface area contributed by atoms with Crippen LogP contribution in [0.25, 0.3) is 0 Å². The van der Waals surface area contributed by atoms with Crippen LogP contribution in [-0.2, 0) is 0 Å². The highest BCUT2D eigenvalue weighted by Gasteiger charge is 2.17. The van der Waals surface area contributed by atoms with Crippen LogP contribution in [0.1, 0.15) is 41.8 Å². The van der Waals surface area contributed by atoms with E-state index in [4.69, 9.17) is 4.42 Å². The summed E-state index contributed by atoms with van der Waals surface area (Å²) in [5, 5.41) is 5.70. The lowest BCUT2D eigenvalue weighted by Crippen LogP contribution is -2.35. The number of urea groups is 1. The summed E-state index contributed by atoms with van der Waals surface area (Å²) < 4.78 is 5.86. The number of furan rings is 1. The van der Waals surface area contributed by atoms with Crippen LogP contribution < -0.4 is 10.6 Å². The number of benzene rings is 1. The van der Waals surface area contributed by atoms with Gasteiger partial charge in [-0.1, -0.05) is 12.8 Å².